The first-order chi connectivity index (χ1) is 12.9. The summed E-state index contributed by atoms with van der Waals surface area (Å²) in [6, 6.07) is 13.9. The number of carboxylic acid groups (broad SMARTS) is 1. The molecule has 0 amide bonds. The molecule has 2 N–H and O–H groups in total. The Hall–Kier alpha value is -2.89. The summed E-state index contributed by atoms with van der Waals surface area (Å²) in [7, 11) is 0. The highest BCUT2D eigenvalue weighted by molar-refractivity contribution is 5.76. The molecule has 0 fully saturated rings. The van der Waals surface area contributed by atoms with Crippen molar-refractivity contribution in [1.29, 1.82) is 0 Å². The first kappa shape index (κ1) is 18.9. The van der Waals surface area contributed by atoms with Gasteiger partial charge in [0.1, 0.15) is 11.6 Å². The van der Waals surface area contributed by atoms with Crippen LogP contribution >= 0.6 is 0 Å². The monoisotopic (exact) mass is 369 g/mol. The van der Waals surface area contributed by atoms with Gasteiger partial charge in [-0.2, -0.15) is 0 Å². The number of imidazole rings is 1. The summed E-state index contributed by atoms with van der Waals surface area (Å²) >= 11 is 0. The molecule has 2 aromatic carbocycles. The van der Waals surface area contributed by atoms with Gasteiger partial charge in [-0.15, -0.1) is 0 Å². The van der Waals surface area contributed by atoms with Gasteiger partial charge in [0, 0.05) is 24.7 Å². The molecule has 6 heteroatoms. The number of para-hydroxylation sites is 2. The molecule has 0 saturated carbocycles. The van der Waals surface area contributed by atoms with Crippen LogP contribution in [-0.4, -0.2) is 27.2 Å². The zero-order chi connectivity index (χ0) is 19.4. The van der Waals surface area contributed by atoms with Gasteiger partial charge in [0.05, 0.1) is 17.5 Å². The van der Waals surface area contributed by atoms with Crippen LogP contribution in [0.2, 0.25) is 0 Å². The van der Waals surface area contributed by atoms with Crippen LogP contribution in [0.4, 0.5) is 10.1 Å². The van der Waals surface area contributed by atoms with E-state index >= 15 is 0 Å². The number of aliphatic carboxylic acids is 1. The minimum absolute atomic E-state index is 0.0321. The average Bonchev–Trinajstić information content (AvgIpc) is 2.98. The number of benzene rings is 2. The Kier molecular flexibility index (Phi) is 5.74. The molecule has 5 nitrogen and oxygen atoms in total. The van der Waals surface area contributed by atoms with E-state index in [-0.39, 0.29) is 18.2 Å². The second kappa shape index (κ2) is 8.20. The van der Waals surface area contributed by atoms with Crippen molar-refractivity contribution in [2.45, 2.75) is 32.7 Å². The summed E-state index contributed by atoms with van der Waals surface area (Å²) in [5.41, 5.74) is 2.63. The van der Waals surface area contributed by atoms with Crippen LogP contribution in [0, 0.1) is 11.7 Å². The molecule has 1 atom stereocenters. The molecule has 3 rings (SSSR count). The zero-order valence-corrected chi connectivity index (χ0v) is 15.5. The van der Waals surface area contributed by atoms with Crippen LogP contribution in [0.3, 0.4) is 0 Å². The van der Waals surface area contributed by atoms with Gasteiger partial charge in [-0.1, -0.05) is 26.0 Å². The molecule has 0 saturated heterocycles. The molecule has 0 aliphatic carbocycles. The topological polar surface area (TPSA) is 67.2 Å². The smallest absolute Gasteiger partial charge is 0.304 e. The summed E-state index contributed by atoms with van der Waals surface area (Å²) in [6.07, 6.45) is -0.0321. The first-order valence-electron chi connectivity index (χ1n) is 9.10. The van der Waals surface area contributed by atoms with Crippen LogP contribution in [-0.2, 0) is 11.3 Å². The van der Waals surface area contributed by atoms with Gasteiger partial charge < -0.3 is 15.0 Å². The molecule has 1 unspecified atom stereocenters. The van der Waals surface area contributed by atoms with Crippen molar-refractivity contribution in [3.8, 4) is 0 Å². The molecule has 0 radical (unpaired) electrons. The maximum absolute atomic E-state index is 13.1. The van der Waals surface area contributed by atoms with Crippen molar-refractivity contribution in [1.82, 2.24) is 9.55 Å². The molecular formula is C21H24FN3O2. The van der Waals surface area contributed by atoms with Crippen LogP contribution in [0.5, 0.6) is 0 Å². The lowest BCUT2D eigenvalue weighted by Crippen LogP contribution is -2.21. The SMILES string of the molecule is CC(C)Cn1c(C(CNc2ccc(F)cc2)CC(=O)O)nc2ccccc21. The summed E-state index contributed by atoms with van der Waals surface area (Å²) in [4.78, 5) is 16.2. The fourth-order valence-electron chi connectivity index (χ4n) is 3.24. The number of nitrogens with one attached hydrogen (secondary N) is 1. The Morgan fingerprint density at radius 3 is 2.56 bits per heavy atom. The highest BCUT2D eigenvalue weighted by Gasteiger charge is 2.23. The number of hydrogen-bond acceptors (Lipinski definition) is 3. The Balaban J connectivity index is 1.93. The molecule has 3 aromatic rings. The fraction of sp³-hybridized carbons (Fsp3) is 0.333. The standard InChI is InChI=1S/C21H24FN3O2/c1-14(2)13-25-19-6-4-3-5-18(19)24-21(25)15(11-20(26)27)12-23-17-9-7-16(22)8-10-17/h3-10,14-15,23H,11-13H2,1-2H3,(H,26,27). The van der Waals surface area contributed by atoms with E-state index in [1.807, 2.05) is 24.3 Å². The van der Waals surface area contributed by atoms with E-state index in [1.165, 1.54) is 12.1 Å². The minimum atomic E-state index is -0.871. The molecule has 1 heterocycles. The van der Waals surface area contributed by atoms with E-state index < -0.39 is 5.97 Å². The van der Waals surface area contributed by atoms with Gasteiger partial charge in [0.2, 0.25) is 0 Å². The summed E-state index contributed by atoms with van der Waals surface area (Å²) in [5.74, 6) is -0.317. The van der Waals surface area contributed by atoms with Crippen molar-refractivity contribution in [2.24, 2.45) is 5.92 Å². The van der Waals surface area contributed by atoms with Crippen molar-refractivity contribution < 1.29 is 14.3 Å². The molecule has 142 valence electrons. The highest BCUT2D eigenvalue weighted by Crippen LogP contribution is 2.26. The van der Waals surface area contributed by atoms with Gasteiger partial charge in [-0.3, -0.25) is 4.79 Å². The van der Waals surface area contributed by atoms with Gasteiger partial charge >= 0.3 is 5.97 Å². The van der Waals surface area contributed by atoms with Crippen LogP contribution in [0.25, 0.3) is 11.0 Å². The molecule has 1 aromatic heterocycles. The van der Waals surface area contributed by atoms with E-state index in [2.05, 4.69) is 23.7 Å². The average molecular weight is 369 g/mol. The molecule has 0 aliphatic heterocycles. The number of halogens is 1. The maximum atomic E-state index is 13.1. The molecule has 0 bridgehead atoms. The largest absolute Gasteiger partial charge is 0.481 e. The first-order valence-corrected chi connectivity index (χ1v) is 9.10. The van der Waals surface area contributed by atoms with E-state index in [9.17, 15) is 14.3 Å². The quantitative estimate of drug-likeness (QED) is 0.613. The summed E-state index contributed by atoms with van der Waals surface area (Å²) in [5, 5.41) is 12.6. The summed E-state index contributed by atoms with van der Waals surface area (Å²) in [6.45, 7) is 5.42. The van der Waals surface area contributed by atoms with E-state index in [4.69, 9.17) is 4.98 Å². The third-order valence-electron chi connectivity index (χ3n) is 4.41. The second-order valence-electron chi connectivity index (χ2n) is 7.15. The number of anilines is 1. The number of carbonyl (C=O) groups is 1. The predicted molar refractivity (Wildman–Crippen MR) is 104 cm³/mol. The predicted octanol–water partition coefficient (Wildman–Crippen LogP) is 4.50. The number of fused-ring (bicyclic) bond motifs is 1. The number of carboxylic acids is 1. The molecule has 27 heavy (non-hydrogen) atoms. The Morgan fingerprint density at radius 1 is 1.19 bits per heavy atom. The van der Waals surface area contributed by atoms with Crippen LogP contribution in [0.15, 0.2) is 48.5 Å². The van der Waals surface area contributed by atoms with Crippen molar-refractivity contribution in [3.05, 3.63) is 60.2 Å². The minimum Gasteiger partial charge on any atom is -0.481 e. The zero-order valence-electron chi connectivity index (χ0n) is 15.5. The highest BCUT2D eigenvalue weighted by atomic mass is 19.1. The van der Waals surface area contributed by atoms with Crippen molar-refractivity contribution in [3.63, 3.8) is 0 Å². The number of rotatable bonds is 8. The fourth-order valence-corrected chi connectivity index (χ4v) is 3.24. The lowest BCUT2D eigenvalue weighted by molar-refractivity contribution is -0.137. The number of nitrogens with zero attached hydrogens (tertiary/aromatic N) is 2. The van der Waals surface area contributed by atoms with Gasteiger partial charge in [-0.25, -0.2) is 9.37 Å². The normalized spacial score (nSPS) is 12.4. The van der Waals surface area contributed by atoms with E-state index in [1.54, 1.807) is 12.1 Å². The van der Waals surface area contributed by atoms with E-state index in [0.717, 1.165) is 29.1 Å². The van der Waals surface area contributed by atoms with Gasteiger partial charge in [-0.05, 0) is 42.3 Å². The van der Waals surface area contributed by atoms with Crippen LogP contribution < -0.4 is 5.32 Å². The second-order valence-corrected chi connectivity index (χ2v) is 7.15. The lowest BCUT2D eigenvalue weighted by Gasteiger charge is -2.19. The summed E-state index contributed by atoms with van der Waals surface area (Å²) < 4.78 is 15.2. The lowest BCUT2D eigenvalue weighted by atomic mass is 10.0. The Bertz CT molecular complexity index is 919. The number of aromatic nitrogens is 2. The molecule has 0 aliphatic rings. The van der Waals surface area contributed by atoms with Gasteiger partial charge in [0.25, 0.3) is 0 Å². The van der Waals surface area contributed by atoms with Crippen molar-refractivity contribution in [2.75, 3.05) is 11.9 Å². The maximum Gasteiger partial charge on any atom is 0.304 e. The number of hydrogen-bond donors (Lipinski definition) is 2. The molecular weight excluding hydrogens is 345 g/mol. The van der Waals surface area contributed by atoms with Gasteiger partial charge in [0.15, 0.2) is 0 Å². The Labute approximate surface area is 157 Å². The third kappa shape index (κ3) is 4.64. The van der Waals surface area contributed by atoms with E-state index in [0.29, 0.717) is 12.5 Å². The Morgan fingerprint density at radius 2 is 1.89 bits per heavy atom. The van der Waals surface area contributed by atoms with Crippen molar-refractivity contribution >= 4 is 22.7 Å². The third-order valence-corrected chi connectivity index (χ3v) is 4.41. The van der Waals surface area contributed by atoms with Crippen LogP contribution in [0.1, 0.15) is 32.0 Å². The molecule has 0 spiro atoms.